The minimum Gasteiger partial charge on any atom is -0.481 e. The molecule has 7 nitrogen and oxygen atoms in total. The lowest BCUT2D eigenvalue weighted by atomic mass is 10.0. The Morgan fingerprint density at radius 1 is 1.36 bits per heavy atom. The molecule has 1 aromatic carbocycles. The first-order chi connectivity index (χ1) is 15.5. The number of aromatic nitrogens is 1. The van der Waals surface area contributed by atoms with Gasteiger partial charge in [-0.15, -0.1) is 11.8 Å². The van der Waals surface area contributed by atoms with E-state index in [1.165, 1.54) is 6.20 Å². The van der Waals surface area contributed by atoms with Gasteiger partial charge >= 0.3 is 6.09 Å². The molecule has 0 spiro atoms. The quantitative estimate of drug-likeness (QED) is 0.512. The van der Waals surface area contributed by atoms with Gasteiger partial charge < -0.3 is 14.2 Å². The van der Waals surface area contributed by atoms with Crippen LogP contribution < -0.4 is 4.74 Å². The first-order valence-corrected chi connectivity index (χ1v) is 11.7. The van der Waals surface area contributed by atoms with Gasteiger partial charge in [-0.3, -0.25) is 4.90 Å². The van der Waals surface area contributed by atoms with Crippen molar-refractivity contribution < 1.29 is 19.0 Å². The zero-order valence-corrected chi connectivity index (χ0v) is 20.8. The van der Waals surface area contributed by atoms with Gasteiger partial charge in [0.15, 0.2) is 0 Å². The number of benzene rings is 1. The van der Waals surface area contributed by atoms with Crippen molar-refractivity contribution in [1.82, 2.24) is 9.88 Å². The summed E-state index contributed by atoms with van der Waals surface area (Å²) in [5.74, 6) is 0.448. The Morgan fingerprint density at radius 2 is 2.06 bits per heavy atom. The molecule has 1 aliphatic heterocycles. The molecule has 2 heterocycles. The van der Waals surface area contributed by atoms with Crippen LogP contribution in [0.15, 0.2) is 47.5 Å². The second-order valence-corrected chi connectivity index (χ2v) is 10.6. The van der Waals surface area contributed by atoms with Crippen LogP contribution in [-0.2, 0) is 9.47 Å². The molecule has 176 valence electrons. The molecule has 2 aromatic rings. The van der Waals surface area contributed by atoms with E-state index < -0.39 is 17.4 Å². The van der Waals surface area contributed by atoms with E-state index >= 15 is 0 Å². The standard InChI is InChI=1S/C25H31N3O4S/c1-24(2,3)32-23(29)28-19(16-31-25(28,4)5)12-20(17-10-8-7-9-11-17)33-21-13-22(30-6)27-15-18(21)14-26/h7-11,13,15,19-20H,12,16H2,1-6H3/t19-,20+/m0/s1. The maximum Gasteiger partial charge on any atom is 0.412 e. The second-order valence-electron chi connectivity index (χ2n) is 9.35. The lowest BCUT2D eigenvalue weighted by Crippen LogP contribution is -2.50. The van der Waals surface area contributed by atoms with E-state index in [4.69, 9.17) is 14.2 Å². The Bertz CT molecular complexity index is 1010. The van der Waals surface area contributed by atoms with Crippen molar-refractivity contribution in [3.05, 3.63) is 53.7 Å². The molecule has 0 bridgehead atoms. The summed E-state index contributed by atoms with van der Waals surface area (Å²) in [5.41, 5.74) is 0.185. The van der Waals surface area contributed by atoms with Crippen molar-refractivity contribution in [2.24, 2.45) is 0 Å². The van der Waals surface area contributed by atoms with Crippen LogP contribution in [0.5, 0.6) is 5.88 Å². The fourth-order valence-electron chi connectivity index (χ4n) is 3.77. The predicted octanol–water partition coefficient (Wildman–Crippen LogP) is 5.56. The number of ether oxygens (including phenoxy) is 3. The maximum absolute atomic E-state index is 13.1. The van der Waals surface area contributed by atoms with Gasteiger partial charge in [0.25, 0.3) is 0 Å². The van der Waals surface area contributed by atoms with Gasteiger partial charge in [-0.05, 0) is 46.6 Å². The molecule has 33 heavy (non-hydrogen) atoms. The molecule has 0 unspecified atom stereocenters. The van der Waals surface area contributed by atoms with Crippen molar-refractivity contribution >= 4 is 17.9 Å². The molecule has 0 saturated carbocycles. The molecule has 1 aromatic heterocycles. The van der Waals surface area contributed by atoms with Gasteiger partial charge in [0.05, 0.1) is 25.3 Å². The number of hydrogen-bond acceptors (Lipinski definition) is 7. The summed E-state index contributed by atoms with van der Waals surface area (Å²) in [6, 6.07) is 13.9. The number of amides is 1. The van der Waals surface area contributed by atoms with Crippen molar-refractivity contribution in [3.8, 4) is 11.9 Å². The monoisotopic (exact) mass is 469 g/mol. The highest BCUT2D eigenvalue weighted by Gasteiger charge is 2.46. The molecule has 1 fully saturated rings. The Morgan fingerprint density at radius 3 is 2.67 bits per heavy atom. The molecule has 0 N–H and O–H groups in total. The molecular weight excluding hydrogens is 438 g/mol. The number of rotatable bonds is 6. The van der Waals surface area contributed by atoms with E-state index in [0.29, 0.717) is 24.5 Å². The Labute approximate surface area is 200 Å². The molecule has 3 rings (SSSR count). The van der Waals surface area contributed by atoms with Crippen LogP contribution in [0.1, 0.15) is 57.4 Å². The first kappa shape index (κ1) is 24.9. The Kier molecular flexibility index (Phi) is 7.55. The number of thioether (sulfide) groups is 1. The van der Waals surface area contributed by atoms with Crippen LogP contribution in [0, 0.1) is 11.3 Å². The Balaban J connectivity index is 1.93. The number of nitriles is 1. The molecule has 8 heteroatoms. The van der Waals surface area contributed by atoms with E-state index in [9.17, 15) is 10.1 Å². The van der Waals surface area contributed by atoms with E-state index in [1.54, 1.807) is 29.8 Å². The summed E-state index contributed by atoms with van der Waals surface area (Å²) < 4.78 is 17.0. The van der Waals surface area contributed by atoms with E-state index in [0.717, 1.165) is 10.5 Å². The van der Waals surface area contributed by atoms with Gasteiger partial charge in [-0.25, -0.2) is 9.78 Å². The largest absolute Gasteiger partial charge is 0.481 e. The number of nitrogens with zero attached hydrogens (tertiary/aromatic N) is 3. The van der Waals surface area contributed by atoms with Gasteiger partial charge in [0.2, 0.25) is 5.88 Å². The average molecular weight is 470 g/mol. The van der Waals surface area contributed by atoms with E-state index in [1.807, 2.05) is 52.8 Å². The number of carbonyl (C=O) groups is 1. The lowest BCUT2D eigenvalue weighted by Gasteiger charge is -2.36. The third kappa shape index (κ3) is 6.18. The molecule has 1 aliphatic rings. The molecular formula is C25H31N3O4S. The van der Waals surface area contributed by atoms with Crippen LogP contribution in [0.25, 0.3) is 0 Å². The topological polar surface area (TPSA) is 84.7 Å². The minimum absolute atomic E-state index is 0.0437. The predicted molar refractivity (Wildman–Crippen MR) is 127 cm³/mol. The van der Waals surface area contributed by atoms with Crippen LogP contribution >= 0.6 is 11.8 Å². The van der Waals surface area contributed by atoms with Gasteiger partial charge in [0, 0.05) is 22.4 Å². The molecule has 2 atom stereocenters. The fraction of sp³-hybridized carbons (Fsp3) is 0.480. The summed E-state index contributed by atoms with van der Waals surface area (Å²) >= 11 is 1.56. The summed E-state index contributed by atoms with van der Waals surface area (Å²) in [4.78, 5) is 19.7. The van der Waals surface area contributed by atoms with Crippen LogP contribution in [0.4, 0.5) is 4.79 Å². The lowest BCUT2D eigenvalue weighted by molar-refractivity contribution is -0.0626. The average Bonchev–Trinajstić information content (AvgIpc) is 3.06. The maximum atomic E-state index is 13.1. The van der Waals surface area contributed by atoms with Crippen molar-refractivity contribution in [2.45, 2.75) is 68.6 Å². The normalized spacial score (nSPS) is 18.5. The van der Waals surface area contributed by atoms with Crippen LogP contribution in [0.3, 0.4) is 0 Å². The Hall–Kier alpha value is -2.76. The van der Waals surface area contributed by atoms with Gasteiger partial charge in [-0.1, -0.05) is 30.3 Å². The van der Waals surface area contributed by atoms with Crippen molar-refractivity contribution in [1.29, 1.82) is 5.26 Å². The van der Waals surface area contributed by atoms with Crippen molar-refractivity contribution in [2.75, 3.05) is 13.7 Å². The van der Waals surface area contributed by atoms with Crippen molar-refractivity contribution in [3.63, 3.8) is 0 Å². The summed E-state index contributed by atoms with van der Waals surface area (Å²) in [6.07, 6.45) is 1.75. The fourth-order valence-corrected chi connectivity index (χ4v) is 5.08. The minimum atomic E-state index is -0.781. The third-order valence-corrected chi connectivity index (χ3v) is 6.60. The number of carbonyl (C=O) groups excluding carboxylic acids is 1. The highest BCUT2D eigenvalue weighted by molar-refractivity contribution is 7.99. The summed E-state index contributed by atoms with van der Waals surface area (Å²) in [7, 11) is 1.55. The molecule has 1 saturated heterocycles. The number of hydrogen-bond donors (Lipinski definition) is 0. The van der Waals surface area contributed by atoms with Crippen LogP contribution in [-0.4, -0.2) is 47.1 Å². The second kappa shape index (κ2) is 10.0. The van der Waals surface area contributed by atoms with Gasteiger partial charge in [0.1, 0.15) is 17.4 Å². The number of pyridine rings is 1. The van der Waals surface area contributed by atoms with Crippen LogP contribution in [0.2, 0.25) is 0 Å². The molecule has 0 radical (unpaired) electrons. The summed E-state index contributed by atoms with van der Waals surface area (Å²) in [5, 5.41) is 9.56. The van der Waals surface area contributed by atoms with E-state index in [2.05, 4.69) is 23.2 Å². The van der Waals surface area contributed by atoms with Gasteiger partial charge in [-0.2, -0.15) is 5.26 Å². The SMILES string of the molecule is COc1cc(S[C@H](C[C@H]2COC(C)(C)N2C(=O)OC(C)(C)C)c2ccccc2)c(C#N)cn1. The van der Waals surface area contributed by atoms with E-state index in [-0.39, 0.29) is 11.3 Å². The highest BCUT2D eigenvalue weighted by Crippen LogP contribution is 2.43. The molecule has 1 amide bonds. The smallest absolute Gasteiger partial charge is 0.412 e. The highest BCUT2D eigenvalue weighted by atomic mass is 32.2. The summed E-state index contributed by atoms with van der Waals surface area (Å²) in [6.45, 7) is 9.72. The number of methoxy groups -OCH3 is 1. The molecule has 0 aliphatic carbocycles. The third-order valence-electron chi connectivity index (χ3n) is 5.26. The zero-order chi connectivity index (χ0) is 24.2. The first-order valence-electron chi connectivity index (χ1n) is 10.9. The zero-order valence-electron chi connectivity index (χ0n) is 20.0.